The molecule has 0 radical (unpaired) electrons. The van der Waals surface area contributed by atoms with Gasteiger partial charge in [-0.3, -0.25) is 0 Å². The zero-order chi connectivity index (χ0) is 14.4. The molecule has 1 aliphatic rings. The van der Waals surface area contributed by atoms with Crippen molar-refractivity contribution >= 4 is 11.6 Å². The second kappa shape index (κ2) is 8.05. The molecule has 1 aliphatic carbocycles. The van der Waals surface area contributed by atoms with Crippen molar-refractivity contribution in [2.24, 2.45) is 5.92 Å². The van der Waals surface area contributed by atoms with Crippen molar-refractivity contribution in [2.45, 2.75) is 64.8 Å². The Morgan fingerprint density at radius 1 is 1.15 bits per heavy atom. The van der Waals surface area contributed by atoms with E-state index in [0.29, 0.717) is 6.04 Å². The highest BCUT2D eigenvalue weighted by atomic mass is 35.5. The maximum atomic E-state index is 6.33. The molecule has 1 atom stereocenters. The van der Waals surface area contributed by atoms with E-state index in [0.717, 1.165) is 17.5 Å². The lowest BCUT2D eigenvalue weighted by molar-refractivity contribution is 0.291. The zero-order valence-electron chi connectivity index (χ0n) is 12.9. The fraction of sp³-hybridized carbons (Fsp3) is 0.667. The number of benzene rings is 1. The third kappa shape index (κ3) is 4.23. The first-order chi connectivity index (χ1) is 9.72. The largest absolute Gasteiger partial charge is 0.310 e. The highest BCUT2D eigenvalue weighted by molar-refractivity contribution is 6.31. The van der Waals surface area contributed by atoms with Crippen LogP contribution in [0.2, 0.25) is 5.02 Å². The lowest BCUT2D eigenvalue weighted by atomic mass is 9.82. The fourth-order valence-electron chi connectivity index (χ4n) is 3.40. The van der Waals surface area contributed by atoms with Crippen molar-refractivity contribution in [3.63, 3.8) is 0 Å². The van der Waals surface area contributed by atoms with Crippen LogP contribution >= 0.6 is 11.6 Å². The van der Waals surface area contributed by atoms with Crippen molar-refractivity contribution in [1.29, 1.82) is 0 Å². The minimum absolute atomic E-state index is 0.469. The molecule has 0 heterocycles. The first kappa shape index (κ1) is 15.9. The molecule has 1 fully saturated rings. The quantitative estimate of drug-likeness (QED) is 0.755. The molecule has 2 heteroatoms. The average molecular weight is 294 g/mol. The highest BCUT2D eigenvalue weighted by Gasteiger charge is 2.23. The SMILES string of the molecule is CCNC(c1ccc(C)c(Cl)c1)C1CCCCCCC1. The summed E-state index contributed by atoms with van der Waals surface area (Å²) in [5.74, 6) is 0.758. The van der Waals surface area contributed by atoms with Gasteiger partial charge in [0.1, 0.15) is 0 Å². The molecule has 0 bridgehead atoms. The molecule has 0 spiro atoms. The molecular formula is C18H28ClN. The maximum absolute atomic E-state index is 6.33. The summed E-state index contributed by atoms with van der Waals surface area (Å²) >= 11 is 6.33. The zero-order valence-corrected chi connectivity index (χ0v) is 13.7. The highest BCUT2D eigenvalue weighted by Crippen LogP contribution is 2.34. The summed E-state index contributed by atoms with van der Waals surface area (Å²) < 4.78 is 0. The molecule has 2 rings (SSSR count). The Morgan fingerprint density at radius 2 is 1.80 bits per heavy atom. The molecule has 1 N–H and O–H groups in total. The number of rotatable bonds is 4. The van der Waals surface area contributed by atoms with Crippen LogP contribution in [0.4, 0.5) is 0 Å². The van der Waals surface area contributed by atoms with E-state index < -0.39 is 0 Å². The predicted octanol–water partition coefficient (Wildman–Crippen LogP) is 5.66. The summed E-state index contributed by atoms with van der Waals surface area (Å²) in [5.41, 5.74) is 2.54. The van der Waals surface area contributed by atoms with Gasteiger partial charge in [-0.2, -0.15) is 0 Å². The van der Waals surface area contributed by atoms with Gasteiger partial charge in [0.2, 0.25) is 0 Å². The van der Waals surface area contributed by atoms with Gasteiger partial charge in [-0.15, -0.1) is 0 Å². The Hall–Kier alpha value is -0.530. The molecule has 0 amide bonds. The van der Waals surface area contributed by atoms with Crippen LogP contribution in [-0.4, -0.2) is 6.54 Å². The number of hydrogen-bond acceptors (Lipinski definition) is 1. The van der Waals surface area contributed by atoms with Gasteiger partial charge < -0.3 is 5.32 Å². The molecule has 112 valence electrons. The van der Waals surface area contributed by atoms with E-state index in [-0.39, 0.29) is 0 Å². The van der Waals surface area contributed by atoms with E-state index in [4.69, 9.17) is 11.6 Å². The van der Waals surface area contributed by atoms with Crippen molar-refractivity contribution in [1.82, 2.24) is 5.32 Å². The normalized spacial score (nSPS) is 19.4. The second-order valence-electron chi connectivity index (χ2n) is 6.15. The van der Waals surface area contributed by atoms with Gasteiger partial charge in [0.15, 0.2) is 0 Å². The third-order valence-corrected chi connectivity index (χ3v) is 5.01. The minimum atomic E-state index is 0.469. The fourth-order valence-corrected chi connectivity index (χ4v) is 3.59. The first-order valence-electron chi connectivity index (χ1n) is 8.21. The number of nitrogens with one attached hydrogen (secondary N) is 1. The van der Waals surface area contributed by atoms with E-state index >= 15 is 0 Å². The molecule has 1 saturated carbocycles. The molecule has 1 nitrogen and oxygen atoms in total. The Balaban J connectivity index is 2.17. The molecule has 1 aromatic rings. The van der Waals surface area contributed by atoms with Gasteiger partial charge in [0.25, 0.3) is 0 Å². The Morgan fingerprint density at radius 3 is 2.40 bits per heavy atom. The molecular weight excluding hydrogens is 266 g/mol. The number of aryl methyl sites for hydroxylation is 1. The minimum Gasteiger partial charge on any atom is -0.310 e. The molecule has 0 aromatic heterocycles. The van der Waals surface area contributed by atoms with Crippen molar-refractivity contribution in [3.05, 3.63) is 34.3 Å². The van der Waals surface area contributed by atoms with E-state index in [1.54, 1.807) is 0 Å². The van der Waals surface area contributed by atoms with Crippen LogP contribution in [0.3, 0.4) is 0 Å². The Bertz CT molecular complexity index is 408. The van der Waals surface area contributed by atoms with Gasteiger partial charge >= 0.3 is 0 Å². The lowest BCUT2D eigenvalue weighted by Crippen LogP contribution is -2.29. The summed E-state index contributed by atoms with van der Waals surface area (Å²) in [6.45, 7) is 5.29. The Labute approximate surface area is 129 Å². The molecule has 0 saturated heterocycles. The van der Waals surface area contributed by atoms with Crippen molar-refractivity contribution < 1.29 is 0 Å². The summed E-state index contributed by atoms with van der Waals surface area (Å²) in [5, 5.41) is 4.60. The van der Waals surface area contributed by atoms with Crippen LogP contribution in [0.1, 0.15) is 69.0 Å². The maximum Gasteiger partial charge on any atom is 0.0438 e. The van der Waals surface area contributed by atoms with Crippen molar-refractivity contribution in [3.8, 4) is 0 Å². The molecule has 1 unspecified atom stereocenters. The van der Waals surface area contributed by atoms with Crippen LogP contribution in [0.15, 0.2) is 18.2 Å². The second-order valence-corrected chi connectivity index (χ2v) is 6.56. The van der Waals surface area contributed by atoms with Crippen LogP contribution in [0.25, 0.3) is 0 Å². The van der Waals surface area contributed by atoms with Gasteiger partial charge in [-0.1, -0.05) is 62.8 Å². The van der Waals surface area contributed by atoms with Crippen LogP contribution in [0, 0.1) is 12.8 Å². The van der Waals surface area contributed by atoms with E-state index in [9.17, 15) is 0 Å². The van der Waals surface area contributed by atoms with Crippen LogP contribution < -0.4 is 5.32 Å². The third-order valence-electron chi connectivity index (χ3n) is 4.60. The van der Waals surface area contributed by atoms with E-state index in [1.807, 2.05) is 0 Å². The first-order valence-corrected chi connectivity index (χ1v) is 8.59. The topological polar surface area (TPSA) is 12.0 Å². The van der Waals surface area contributed by atoms with Gasteiger partial charge in [0.05, 0.1) is 0 Å². The lowest BCUT2D eigenvalue weighted by Gasteiger charge is -2.30. The van der Waals surface area contributed by atoms with Crippen molar-refractivity contribution in [2.75, 3.05) is 6.54 Å². The summed E-state index contributed by atoms with van der Waals surface area (Å²) in [4.78, 5) is 0. The standard InChI is InChI=1S/C18H28ClN/c1-3-20-18(15-9-7-5-4-6-8-10-15)16-12-11-14(2)17(19)13-16/h11-13,15,18,20H,3-10H2,1-2H3. The van der Waals surface area contributed by atoms with Crippen LogP contribution in [0.5, 0.6) is 0 Å². The van der Waals surface area contributed by atoms with Gasteiger partial charge in [-0.25, -0.2) is 0 Å². The predicted molar refractivity (Wildman–Crippen MR) is 88.4 cm³/mol. The number of hydrogen-bond donors (Lipinski definition) is 1. The van der Waals surface area contributed by atoms with Gasteiger partial charge in [-0.05, 0) is 49.4 Å². The monoisotopic (exact) mass is 293 g/mol. The molecule has 0 aliphatic heterocycles. The smallest absolute Gasteiger partial charge is 0.0438 e. The Kier molecular flexibility index (Phi) is 6.38. The van der Waals surface area contributed by atoms with E-state index in [2.05, 4.69) is 37.4 Å². The summed E-state index contributed by atoms with van der Waals surface area (Å²) in [6.07, 6.45) is 9.70. The molecule has 20 heavy (non-hydrogen) atoms. The summed E-state index contributed by atoms with van der Waals surface area (Å²) in [7, 11) is 0. The number of halogens is 1. The molecule has 1 aromatic carbocycles. The summed E-state index contributed by atoms with van der Waals surface area (Å²) in [6, 6.07) is 7.05. The van der Waals surface area contributed by atoms with E-state index in [1.165, 1.54) is 56.1 Å². The van der Waals surface area contributed by atoms with Gasteiger partial charge in [0, 0.05) is 11.1 Å². The van der Waals surface area contributed by atoms with Crippen LogP contribution in [-0.2, 0) is 0 Å². The average Bonchev–Trinajstić information content (AvgIpc) is 2.40.